The SMILES string of the molecule is CCCc1nnsc1C(=O)N1CCC(C)(C(=O)O)C1. The number of aromatic nitrogens is 2. The van der Waals surface area contributed by atoms with Crippen molar-refractivity contribution in [1.82, 2.24) is 14.5 Å². The van der Waals surface area contributed by atoms with Crippen LogP contribution in [0.1, 0.15) is 42.1 Å². The van der Waals surface area contributed by atoms with Gasteiger partial charge in [-0.05, 0) is 31.3 Å². The first-order chi connectivity index (χ1) is 8.98. The summed E-state index contributed by atoms with van der Waals surface area (Å²) < 4.78 is 3.83. The summed E-state index contributed by atoms with van der Waals surface area (Å²) in [7, 11) is 0. The topological polar surface area (TPSA) is 83.4 Å². The number of carbonyl (C=O) groups excluding carboxylic acids is 1. The number of aliphatic carboxylic acids is 1. The Balaban J connectivity index is 2.13. The van der Waals surface area contributed by atoms with Gasteiger partial charge in [0.15, 0.2) is 0 Å². The molecule has 0 aliphatic carbocycles. The summed E-state index contributed by atoms with van der Waals surface area (Å²) in [5.41, 5.74) is -0.111. The van der Waals surface area contributed by atoms with Crippen LogP contribution in [0.25, 0.3) is 0 Å². The van der Waals surface area contributed by atoms with E-state index in [1.54, 1.807) is 11.8 Å². The molecule has 0 saturated carbocycles. The van der Waals surface area contributed by atoms with E-state index in [1.807, 2.05) is 6.92 Å². The number of hydrogen-bond donors (Lipinski definition) is 1. The monoisotopic (exact) mass is 283 g/mol. The van der Waals surface area contributed by atoms with E-state index < -0.39 is 11.4 Å². The number of aryl methyl sites for hydroxylation is 1. The summed E-state index contributed by atoms with van der Waals surface area (Å²) in [4.78, 5) is 25.7. The maximum atomic E-state index is 12.4. The normalized spacial score (nSPS) is 22.7. The van der Waals surface area contributed by atoms with Gasteiger partial charge in [0, 0.05) is 13.1 Å². The molecule has 7 heteroatoms. The molecule has 1 aromatic heterocycles. The standard InChI is InChI=1S/C12H17N3O3S/c1-3-4-8-9(19-14-13-8)10(16)15-6-5-12(2,7-15)11(17)18/h3-7H2,1-2H3,(H,17,18). The van der Waals surface area contributed by atoms with Gasteiger partial charge in [0.25, 0.3) is 5.91 Å². The number of likely N-dealkylation sites (tertiary alicyclic amines) is 1. The molecule has 0 radical (unpaired) electrons. The highest BCUT2D eigenvalue weighted by Crippen LogP contribution is 2.31. The van der Waals surface area contributed by atoms with Gasteiger partial charge < -0.3 is 10.0 Å². The van der Waals surface area contributed by atoms with Crippen molar-refractivity contribution in [1.29, 1.82) is 0 Å². The van der Waals surface area contributed by atoms with Crippen LogP contribution < -0.4 is 0 Å². The minimum atomic E-state index is -0.848. The van der Waals surface area contributed by atoms with Crippen molar-refractivity contribution in [3.05, 3.63) is 10.6 Å². The third kappa shape index (κ3) is 2.60. The molecule has 2 rings (SSSR count). The van der Waals surface area contributed by atoms with Crippen LogP contribution in [0.15, 0.2) is 0 Å². The Morgan fingerprint density at radius 3 is 2.84 bits per heavy atom. The Kier molecular flexibility index (Phi) is 3.84. The molecule has 104 valence electrons. The van der Waals surface area contributed by atoms with Gasteiger partial charge in [0.05, 0.1) is 11.1 Å². The summed E-state index contributed by atoms with van der Waals surface area (Å²) in [6, 6.07) is 0. The Labute approximate surface area is 115 Å². The highest BCUT2D eigenvalue weighted by Gasteiger charge is 2.42. The molecule has 0 spiro atoms. The van der Waals surface area contributed by atoms with Gasteiger partial charge in [-0.15, -0.1) is 5.10 Å². The van der Waals surface area contributed by atoms with Crippen LogP contribution in [-0.4, -0.2) is 44.6 Å². The maximum absolute atomic E-state index is 12.4. The average molecular weight is 283 g/mol. The van der Waals surface area contributed by atoms with Gasteiger partial charge in [-0.2, -0.15) is 0 Å². The largest absolute Gasteiger partial charge is 0.481 e. The molecule has 1 unspecified atom stereocenters. The Bertz CT molecular complexity index is 502. The lowest BCUT2D eigenvalue weighted by Gasteiger charge is -2.19. The molecule has 1 fully saturated rings. The van der Waals surface area contributed by atoms with Gasteiger partial charge in [-0.1, -0.05) is 17.8 Å². The second kappa shape index (κ2) is 5.24. The van der Waals surface area contributed by atoms with Crippen LogP contribution in [0.5, 0.6) is 0 Å². The van der Waals surface area contributed by atoms with E-state index in [2.05, 4.69) is 9.59 Å². The summed E-state index contributed by atoms with van der Waals surface area (Å²) in [6.45, 7) is 4.43. The highest BCUT2D eigenvalue weighted by molar-refractivity contribution is 7.08. The Hall–Kier alpha value is -1.50. The zero-order valence-corrected chi connectivity index (χ0v) is 11.9. The molecule has 1 N–H and O–H groups in total. The average Bonchev–Trinajstić information content (AvgIpc) is 2.97. The molecular weight excluding hydrogens is 266 g/mol. The van der Waals surface area contributed by atoms with E-state index in [1.165, 1.54) is 0 Å². The summed E-state index contributed by atoms with van der Waals surface area (Å²) in [5, 5.41) is 13.2. The molecule has 0 aromatic carbocycles. The summed E-state index contributed by atoms with van der Waals surface area (Å²) in [6.07, 6.45) is 2.11. The first kappa shape index (κ1) is 13.9. The second-order valence-electron chi connectivity index (χ2n) is 5.14. The van der Waals surface area contributed by atoms with Crippen LogP contribution >= 0.6 is 11.5 Å². The van der Waals surface area contributed by atoms with Crippen molar-refractivity contribution in [3.8, 4) is 0 Å². The fraction of sp³-hybridized carbons (Fsp3) is 0.667. The lowest BCUT2D eigenvalue weighted by Crippen LogP contribution is -2.34. The molecule has 2 heterocycles. The number of rotatable bonds is 4. The molecule has 1 amide bonds. The Morgan fingerprint density at radius 2 is 2.26 bits per heavy atom. The van der Waals surface area contributed by atoms with Gasteiger partial charge in [0.1, 0.15) is 4.88 Å². The predicted molar refractivity (Wildman–Crippen MR) is 70.2 cm³/mol. The van der Waals surface area contributed by atoms with Gasteiger partial charge in [0.2, 0.25) is 0 Å². The van der Waals surface area contributed by atoms with Gasteiger partial charge >= 0.3 is 5.97 Å². The molecule has 6 nitrogen and oxygen atoms in total. The van der Waals surface area contributed by atoms with Gasteiger partial charge in [-0.25, -0.2) is 0 Å². The smallest absolute Gasteiger partial charge is 0.311 e. The predicted octanol–water partition coefficient (Wildman–Crippen LogP) is 1.43. The van der Waals surface area contributed by atoms with Crippen LogP contribution in [0.2, 0.25) is 0 Å². The lowest BCUT2D eigenvalue weighted by atomic mass is 9.90. The van der Waals surface area contributed by atoms with Crippen molar-refractivity contribution in [3.63, 3.8) is 0 Å². The third-order valence-corrected chi connectivity index (χ3v) is 4.27. The van der Waals surface area contributed by atoms with Crippen LogP contribution in [-0.2, 0) is 11.2 Å². The van der Waals surface area contributed by atoms with E-state index in [4.69, 9.17) is 0 Å². The molecule has 1 aliphatic heterocycles. The van der Waals surface area contributed by atoms with Crippen LogP contribution in [0.3, 0.4) is 0 Å². The molecule has 1 aromatic rings. The number of nitrogens with zero attached hydrogens (tertiary/aromatic N) is 3. The minimum absolute atomic E-state index is 0.136. The van der Waals surface area contributed by atoms with Crippen molar-refractivity contribution >= 4 is 23.4 Å². The van der Waals surface area contributed by atoms with E-state index in [0.717, 1.165) is 30.1 Å². The first-order valence-corrected chi connectivity index (χ1v) is 7.09. The van der Waals surface area contributed by atoms with Crippen molar-refractivity contribution in [2.45, 2.75) is 33.1 Å². The fourth-order valence-corrected chi connectivity index (χ4v) is 2.90. The molecule has 1 atom stereocenters. The lowest BCUT2D eigenvalue weighted by molar-refractivity contribution is -0.147. The van der Waals surface area contributed by atoms with Crippen LogP contribution in [0, 0.1) is 5.41 Å². The zero-order valence-electron chi connectivity index (χ0n) is 11.0. The molecule has 19 heavy (non-hydrogen) atoms. The summed E-state index contributed by atoms with van der Waals surface area (Å²) >= 11 is 1.09. The van der Waals surface area contributed by atoms with E-state index in [9.17, 15) is 14.7 Å². The molecule has 1 saturated heterocycles. The number of carboxylic acids is 1. The highest BCUT2D eigenvalue weighted by atomic mass is 32.1. The first-order valence-electron chi connectivity index (χ1n) is 6.32. The Morgan fingerprint density at radius 1 is 1.53 bits per heavy atom. The fourth-order valence-electron chi connectivity index (χ4n) is 2.22. The third-order valence-electron chi connectivity index (χ3n) is 3.51. The quantitative estimate of drug-likeness (QED) is 0.903. The zero-order chi connectivity index (χ0) is 14.0. The minimum Gasteiger partial charge on any atom is -0.481 e. The molecule has 1 aliphatic rings. The number of hydrogen-bond acceptors (Lipinski definition) is 5. The van der Waals surface area contributed by atoms with Crippen molar-refractivity contribution in [2.75, 3.05) is 13.1 Å². The summed E-state index contributed by atoms with van der Waals surface area (Å²) in [5.74, 6) is -0.984. The number of amides is 1. The maximum Gasteiger partial charge on any atom is 0.311 e. The molecular formula is C12H17N3O3S. The van der Waals surface area contributed by atoms with Crippen molar-refractivity contribution in [2.24, 2.45) is 5.41 Å². The second-order valence-corrected chi connectivity index (χ2v) is 5.90. The molecule has 0 bridgehead atoms. The van der Waals surface area contributed by atoms with Gasteiger partial charge in [-0.3, -0.25) is 9.59 Å². The van der Waals surface area contributed by atoms with Crippen LogP contribution in [0.4, 0.5) is 0 Å². The van der Waals surface area contributed by atoms with E-state index in [-0.39, 0.29) is 12.5 Å². The number of carboxylic acid groups (broad SMARTS) is 1. The number of carbonyl (C=O) groups is 2. The van der Waals surface area contributed by atoms with Crippen molar-refractivity contribution < 1.29 is 14.7 Å². The van der Waals surface area contributed by atoms with E-state index in [0.29, 0.717) is 17.8 Å². The van der Waals surface area contributed by atoms with E-state index >= 15 is 0 Å².